The summed E-state index contributed by atoms with van der Waals surface area (Å²) in [4.78, 5) is 11.1. The van der Waals surface area contributed by atoms with Crippen LogP contribution in [-0.2, 0) is 6.54 Å². The van der Waals surface area contributed by atoms with Gasteiger partial charge in [0.1, 0.15) is 18.0 Å². The summed E-state index contributed by atoms with van der Waals surface area (Å²) in [7, 11) is 0. The monoisotopic (exact) mass is 316 g/mol. The fourth-order valence-corrected chi connectivity index (χ4v) is 2.95. The van der Waals surface area contributed by atoms with Crippen molar-refractivity contribution >= 4 is 23.2 Å². The van der Waals surface area contributed by atoms with Gasteiger partial charge in [-0.1, -0.05) is 42.6 Å². The third-order valence-corrected chi connectivity index (χ3v) is 4.37. The molecule has 0 radical (unpaired) electrons. The Morgan fingerprint density at radius 2 is 1.82 bits per heavy atom. The smallest absolute Gasteiger partial charge is 0.134 e. The Balaban J connectivity index is 1.67. The van der Waals surface area contributed by atoms with Crippen LogP contribution in [0.3, 0.4) is 0 Å². The molecule has 5 heteroatoms. The summed E-state index contributed by atoms with van der Waals surface area (Å²) in [5, 5.41) is 4.11. The molecule has 0 aliphatic carbocycles. The highest BCUT2D eigenvalue weighted by molar-refractivity contribution is 6.31. The lowest BCUT2D eigenvalue weighted by molar-refractivity contribution is 0.726. The minimum Gasteiger partial charge on any atom is -0.366 e. The third kappa shape index (κ3) is 3.89. The SMILES string of the molecule is Clc1ccccc1CNc1cc(N2CCCCCC2)ncn1. The number of rotatable bonds is 4. The van der Waals surface area contributed by atoms with Crippen LogP contribution >= 0.6 is 11.6 Å². The maximum absolute atomic E-state index is 6.18. The molecule has 1 fully saturated rings. The van der Waals surface area contributed by atoms with Crippen LogP contribution in [0.15, 0.2) is 36.7 Å². The molecule has 0 unspecified atom stereocenters. The number of nitrogens with one attached hydrogen (secondary N) is 1. The quantitative estimate of drug-likeness (QED) is 0.921. The zero-order valence-corrected chi connectivity index (χ0v) is 13.4. The summed E-state index contributed by atoms with van der Waals surface area (Å²) in [5.41, 5.74) is 1.07. The van der Waals surface area contributed by atoms with E-state index < -0.39 is 0 Å². The highest BCUT2D eigenvalue weighted by Crippen LogP contribution is 2.20. The Morgan fingerprint density at radius 1 is 1.05 bits per heavy atom. The lowest BCUT2D eigenvalue weighted by Gasteiger charge is -2.21. The molecule has 22 heavy (non-hydrogen) atoms. The largest absolute Gasteiger partial charge is 0.366 e. The van der Waals surface area contributed by atoms with Crippen molar-refractivity contribution in [2.45, 2.75) is 32.2 Å². The standard InChI is InChI=1S/C17H21ClN4/c18-15-8-4-3-7-14(15)12-19-16-11-17(21-13-20-16)22-9-5-1-2-6-10-22/h3-4,7-8,11,13H,1-2,5-6,9-10,12H2,(H,19,20,21). The molecule has 1 aromatic heterocycles. The second-order valence-electron chi connectivity index (χ2n) is 5.61. The van der Waals surface area contributed by atoms with Crippen molar-refractivity contribution in [3.63, 3.8) is 0 Å². The highest BCUT2D eigenvalue weighted by atomic mass is 35.5. The molecule has 2 heterocycles. The van der Waals surface area contributed by atoms with Crippen molar-refractivity contribution in [1.82, 2.24) is 9.97 Å². The van der Waals surface area contributed by atoms with Gasteiger partial charge >= 0.3 is 0 Å². The fourth-order valence-electron chi connectivity index (χ4n) is 2.74. The number of benzene rings is 1. The first-order valence-corrected chi connectivity index (χ1v) is 8.25. The van der Waals surface area contributed by atoms with Crippen LogP contribution in [0.1, 0.15) is 31.2 Å². The van der Waals surface area contributed by atoms with E-state index in [0.29, 0.717) is 6.54 Å². The van der Waals surface area contributed by atoms with Crippen LogP contribution in [0.2, 0.25) is 5.02 Å². The zero-order valence-electron chi connectivity index (χ0n) is 12.6. The van der Waals surface area contributed by atoms with Crippen LogP contribution in [-0.4, -0.2) is 23.1 Å². The van der Waals surface area contributed by atoms with Crippen LogP contribution in [0.25, 0.3) is 0 Å². The maximum Gasteiger partial charge on any atom is 0.134 e. The molecule has 0 saturated carbocycles. The fraction of sp³-hybridized carbons (Fsp3) is 0.412. The second-order valence-corrected chi connectivity index (χ2v) is 6.01. The number of anilines is 2. The maximum atomic E-state index is 6.18. The summed E-state index contributed by atoms with van der Waals surface area (Å²) >= 11 is 6.18. The number of halogens is 1. The van der Waals surface area contributed by atoms with Crippen LogP contribution in [0.4, 0.5) is 11.6 Å². The number of nitrogens with zero attached hydrogens (tertiary/aromatic N) is 3. The van der Waals surface area contributed by atoms with Gasteiger partial charge in [0.2, 0.25) is 0 Å². The lowest BCUT2D eigenvalue weighted by atomic mass is 10.2. The predicted molar refractivity (Wildman–Crippen MR) is 91.5 cm³/mol. The van der Waals surface area contributed by atoms with Gasteiger partial charge in [-0.05, 0) is 24.5 Å². The number of hydrogen-bond acceptors (Lipinski definition) is 4. The molecule has 0 spiro atoms. The minimum absolute atomic E-state index is 0.663. The van der Waals surface area contributed by atoms with Gasteiger partial charge in [0.25, 0.3) is 0 Å². The van der Waals surface area contributed by atoms with E-state index >= 15 is 0 Å². The van der Waals surface area contributed by atoms with E-state index in [-0.39, 0.29) is 0 Å². The van der Waals surface area contributed by atoms with E-state index in [2.05, 4.69) is 20.2 Å². The molecule has 1 N–H and O–H groups in total. The predicted octanol–water partition coefficient (Wildman–Crippen LogP) is 4.12. The molecular weight excluding hydrogens is 296 g/mol. The van der Waals surface area contributed by atoms with Crippen molar-refractivity contribution < 1.29 is 0 Å². The minimum atomic E-state index is 0.663. The van der Waals surface area contributed by atoms with Gasteiger partial charge in [-0.15, -0.1) is 0 Å². The van der Waals surface area contributed by atoms with Crippen LogP contribution in [0, 0.1) is 0 Å². The molecule has 1 saturated heterocycles. The average Bonchev–Trinajstić information content (AvgIpc) is 2.84. The molecule has 4 nitrogen and oxygen atoms in total. The second kappa shape index (κ2) is 7.45. The van der Waals surface area contributed by atoms with Crippen LogP contribution in [0.5, 0.6) is 0 Å². The van der Waals surface area contributed by atoms with E-state index in [4.69, 9.17) is 11.6 Å². The topological polar surface area (TPSA) is 41.0 Å². The number of hydrogen-bond donors (Lipinski definition) is 1. The summed E-state index contributed by atoms with van der Waals surface area (Å²) < 4.78 is 0. The highest BCUT2D eigenvalue weighted by Gasteiger charge is 2.11. The molecule has 1 aromatic carbocycles. The summed E-state index contributed by atoms with van der Waals surface area (Å²) in [6.45, 7) is 2.83. The Kier molecular flexibility index (Phi) is 5.11. The Labute approximate surface area is 136 Å². The van der Waals surface area contributed by atoms with E-state index in [1.807, 2.05) is 30.3 Å². The Bertz CT molecular complexity index is 609. The van der Waals surface area contributed by atoms with Crippen molar-refractivity contribution in [1.29, 1.82) is 0 Å². The van der Waals surface area contributed by atoms with Gasteiger partial charge in [-0.2, -0.15) is 0 Å². The number of aromatic nitrogens is 2. The first-order chi connectivity index (χ1) is 10.8. The van der Waals surface area contributed by atoms with E-state index in [9.17, 15) is 0 Å². The molecule has 1 aliphatic rings. The molecule has 3 rings (SSSR count). The van der Waals surface area contributed by atoms with E-state index in [1.165, 1.54) is 25.7 Å². The van der Waals surface area contributed by atoms with Gasteiger partial charge in [0, 0.05) is 30.7 Å². The summed E-state index contributed by atoms with van der Waals surface area (Å²) in [6.07, 6.45) is 6.76. The Hall–Kier alpha value is -1.81. The molecule has 2 aromatic rings. The normalized spacial score (nSPS) is 15.4. The van der Waals surface area contributed by atoms with Crippen molar-refractivity contribution in [3.8, 4) is 0 Å². The van der Waals surface area contributed by atoms with Crippen molar-refractivity contribution in [2.24, 2.45) is 0 Å². The first-order valence-electron chi connectivity index (χ1n) is 7.87. The molecule has 0 bridgehead atoms. The first kappa shape index (κ1) is 15.1. The van der Waals surface area contributed by atoms with E-state index in [1.54, 1.807) is 6.33 Å². The van der Waals surface area contributed by atoms with Gasteiger partial charge in [0.05, 0.1) is 0 Å². The molecular formula is C17H21ClN4. The van der Waals surface area contributed by atoms with Crippen LogP contribution < -0.4 is 10.2 Å². The van der Waals surface area contributed by atoms with E-state index in [0.717, 1.165) is 35.3 Å². The summed E-state index contributed by atoms with van der Waals surface area (Å²) in [5.74, 6) is 1.85. The third-order valence-electron chi connectivity index (χ3n) is 4.00. The summed E-state index contributed by atoms with van der Waals surface area (Å²) in [6, 6.07) is 9.88. The molecule has 116 valence electrons. The zero-order chi connectivity index (χ0) is 15.2. The van der Waals surface area contributed by atoms with Gasteiger partial charge in [-0.3, -0.25) is 0 Å². The lowest BCUT2D eigenvalue weighted by Crippen LogP contribution is -2.25. The molecule has 1 aliphatic heterocycles. The van der Waals surface area contributed by atoms with Crippen molar-refractivity contribution in [2.75, 3.05) is 23.3 Å². The van der Waals surface area contributed by atoms with Gasteiger partial charge in [-0.25, -0.2) is 9.97 Å². The van der Waals surface area contributed by atoms with Crippen molar-refractivity contribution in [3.05, 3.63) is 47.2 Å². The molecule has 0 amide bonds. The molecule has 0 atom stereocenters. The van der Waals surface area contributed by atoms with Gasteiger partial charge in [0.15, 0.2) is 0 Å². The average molecular weight is 317 g/mol. The Morgan fingerprint density at radius 3 is 2.59 bits per heavy atom. The van der Waals surface area contributed by atoms with Gasteiger partial charge < -0.3 is 10.2 Å².